The van der Waals surface area contributed by atoms with Crippen LogP contribution in [-0.2, 0) is 9.53 Å². The van der Waals surface area contributed by atoms with Crippen LogP contribution in [0.1, 0.15) is 33.2 Å². The Labute approximate surface area is 184 Å². The van der Waals surface area contributed by atoms with Gasteiger partial charge in [0.2, 0.25) is 0 Å². The van der Waals surface area contributed by atoms with Crippen LogP contribution in [-0.4, -0.2) is 37.0 Å². The van der Waals surface area contributed by atoms with Crippen molar-refractivity contribution in [3.05, 3.63) is 89.5 Å². The van der Waals surface area contributed by atoms with Gasteiger partial charge >= 0.3 is 5.97 Å². The number of anilines is 1. The molecule has 0 aliphatic carbocycles. The van der Waals surface area contributed by atoms with E-state index >= 15 is 0 Å². The van der Waals surface area contributed by atoms with E-state index in [0.717, 1.165) is 0 Å². The third kappa shape index (κ3) is 4.62. The number of esters is 1. The summed E-state index contributed by atoms with van der Waals surface area (Å²) in [6.45, 7) is 2.37. The fraction of sp³-hybridized carbons (Fsp3) is 0.160. The van der Waals surface area contributed by atoms with Gasteiger partial charge < -0.3 is 19.5 Å². The van der Waals surface area contributed by atoms with Crippen LogP contribution in [0.5, 0.6) is 11.5 Å². The Morgan fingerprint density at radius 3 is 2.25 bits per heavy atom. The van der Waals surface area contributed by atoms with Crippen LogP contribution in [0.4, 0.5) is 5.69 Å². The van der Waals surface area contributed by atoms with Crippen LogP contribution in [0.15, 0.2) is 72.8 Å². The van der Waals surface area contributed by atoms with Crippen LogP contribution in [0.25, 0.3) is 0 Å². The van der Waals surface area contributed by atoms with Gasteiger partial charge in [0.1, 0.15) is 13.2 Å². The molecule has 4 rings (SSSR count). The first-order valence-corrected chi connectivity index (χ1v) is 10.1. The Morgan fingerprint density at radius 2 is 1.50 bits per heavy atom. The molecule has 1 heterocycles. The second kappa shape index (κ2) is 9.34. The van der Waals surface area contributed by atoms with E-state index in [1.165, 1.54) is 13.0 Å². The van der Waals surface area contributed by atoms with Crippen molar-refractivity contribution < 1.29 is 28.6 Å². The van der Waals surface area contributed by atoms with Crippen LogP contribution < -0.4 is 14.8 Å². The molecule has 1 N–H and O–H groups in total. The molecule has 0 bridgehead atoms. The quantitative estimate of drug-likeness (QED) is 0.471. The summed E-state index contributed by atoms with van der Waals surface area (Å²) in [5.41, 5.74) is 1.25. The van der Waals surface area contributed by atoms with Gasteiger partial charge in [0, 0.05) is 22.9 Å². The van der Waals surface area contributed by atoms with E-state index in [4.69, 9.17) is 14.2 Å². The zero-order chi connectivity index (χ0) is 22.5. The van der Waals surface area contributed by atoms with Crippen LogP contribution in [0.2, 0.25) is 0 Å². The number of amides is 1. The molecule has 162 valence electrons. The average Bonchev–Trinajstić information content (AvgIpc) is 2.84. The molecule has 1 atom stereocenters. The molecule has 0 fully saturated rings. The standard InChI is InChI=1S/C25H21NO6/c1-16(24(28)26-18-11-12-21-22(15-18)31-14-13-30-21)32-25(29)20-10-6-5-9-19(20)23(27)17-7-3-2-4-8-17/h2-12,15-16H,13-14H2,1H3,(H,26,28)/t16-/m1/s1. The fourth-order valence-corrected chi connectivity index (χ4v) is 3.25. The Morgan fingerprint density at radius 1 is 0.844 bits per heavy atom. The summed E-state index contributed by atoms with van der Waals surface area (Å²) in [6, 6.07) is 20.0. The predicted molar refractivity (Wildman–Crippen MR) is 117 cm³/mol. The van der Waals surface area contributed by atoms with Crippen molar-refractivity contribution >= 4 is 23.3 Å². The van der Waals surface area contributed by atoms with E-state index in [2.05, 4.69) is 5.32 Å². The number of hydrogen-bond donors (Lipinski definition) is 1. The highest BCUT2D eigenvalue weighted by molar-refractivity contribution is 6.14. The Bertz CT molecular complexity index is 1160. The topological polar surface area (TPSA) is 90.9 Å². The first-order chi connectivity index (χ1) is 15.5. The Balaban J connectivity index is 1.45. The van der Waals surface area contributed by atoms with E-state index in [1.54, 1.807) is 66.7 Å². The summed E-state index contributed by atoms with van der Waals surface area (Å²) in [7, 11) is 0. The molecule has 0 unspecified atom stereocenters. The first-order valence-electron chi connectivity index (χ1n) is 10.1. The zero-order valence-corrected chi connectivity index (χ0v) is 17.4. The van der Waals surface area contributed by atoms with Crippen LogP contribution in [0.3, 0.4) is 0 Å². The smallest absolute Gasteiger partial charge is 0.339 e. The van der Waals surface area contributed by atoms with Gasteiger partial charge in [-0.1, -0.05) is 48.5 Å². The van der Waals surface area contributed by atoms with Gasteiger partial charge in [0.15, 0.2) is 23.4 Å². The fourth-order valence-electron chi connectivity index (χ4n) is 3.25. The molecule has 7 heteroatoms. The van der Waals surface area contributed by atoms with Gasteiger partial charge in [0.25, 0.3) is 5.91 Å². The van der Waals surface area contributed by atoms with Gasteiger partial charge in [-0.3, -0.25) is 9.59 Å². The number of carbonyl (C=O) groups excluding carboxylic acids is 3. The summed E-state index contributed by atoms with van der Waals surface area (Å²) in [5, 5.41) is 2.69. The molecule has 3 aromatic rings. The van der Waals surface area contributed by atoms with E-state index < -0.39 is 18.0 Å². The van der Waals surface area contributed by atoms with Gasteiger partial charge in [-0.25, -0.2) is 4.79 Å². The lowest BCUT2D eigenvalue weighted by Crippen LogP contribution is -2.30. The molecule has 0 aromatic heterocycles. The predicted octanol–water partition coefficient (Wildman–Crippen LogP) is 3.87. The van der Waals surface area contributed by atoms with E-state index in [-0.39, 0.29) is 16.9 Å². The highest BCUT2D eigenvalue weighted by Gasteiger charge is 2.24. The number of ketones is 1. The summed E-state index contributed by atoms with van der Waals surface area (Å²) < 4.78 is 16.3. The lowest BCUT2D eigenvalue weighted by atomic mass is 9.98. The minimum atomic E-state index is -1.09. The van der Waals surface area contributed by atoms with Gasteiger partial charge in [-0.2, -0.15) is 0 Å². The monoisotopic (exact) mass is 431 g/mol. The molecule has 1 aliphatic heterocycles. The molecule has 32 heavy (non-hydrogen) atoms. The summed E-state index contributed by atoms with van der Waals surface area (Å²) in [4.78, 5) is 38.2. The molecule has 0 spiro atoms. The van der Waals surface area contributed by atoms with E-state index in [0.29, 0.717) is 36.0 Å². The number of rotatable bonds is 6. The molecule has 0 radical (unpaired) electrons. The highest BCUT2D eigenvalue weighted by atomic mass is 16.6. The van der Waals surface area contributed by atoms with Gasteiger partial charge in [-0.15, -0.1) is 0 Å². The lowest BCUT2D eigenvalue weighted by Gasteiger charge is -2.19. The maximum atomic E-state index is 12.8. The molecule has 1 amide bonds. The summed E-state index contributed by atoms with van der Waals surface area (Å²) in [6.07, 6.45) is -1.09. The van der Waals surface area contributed by atoms with Crippen molar-refractivity contribution in [3.63, 3.8) is 0 Å². The molecule has 7 nitrogen and oxygen atoms in total. The second-order valence-corrected chi connectivity index (χ2v) is 7.14. The van der Waals surface area contributed by atoms with E-state index in [1.807, 2.05) is 0 Å². The lowest BCUT2D eigenvalue weighted by molar-refractivity contribution is -0.123. The largest absolute Gasteiger partial charge is 0.486 e. The van der Waals surface area contributed by atoms with Crippen molar-refractivity contribution in [3.8, 4) is 11.5 Å². The minimum Gasteiger partial charge on any atom is -0.486 e. The number of nitrogens with one attached hydrogen (secondary N) is 1. The van der Waals surface area contributed by atoms with Crippen molar-refractivity contribution in [1.82, 2.24) is 0 Å². The van der Waals surface area contributed by atoms with Crippen LogP contribution in [0, 0.1) is 0 Å². The average molecular weight is 431 g/mol. The number of hydrogen-bond acceptors (Lipinski definition) is 6. The number of ether oxygens (including phenoxy) is 3. The van der Waals surface area contributed by atoms with Crippen molar-refractivity contribution in [2.24, 2.45) is 0 Å². The molecule has 1 aliphatic rings. The highest BCUT2D eigenvalue weighted by Crippen LogP contribution is 2.32. The van der Waals surface area contributed by atoms with Crippen molar-refractivity contribution in [1.29, 1.82) is 0 Å². The van der Waals surface area contributed by atoms with Gasteiger partial charge in [-0.05, 0) is 25.1 Å². The summed E-state index contributed by atoms with van der Waals surface area (Å²) in [5.74, 6) is -0.427. The molecular weight excluding hydrogens is 410 g/mol. The maximum Gasteiger partial charge on any atom is 0.339 e. The maximum absolute atomic E-state index is 12.8. The molecule has 0 saturated carbocycles. The first kappa shape index (κ1) is 21.1. The normalized spacial score (nSPS) is 13.0. The van der Waals surface area contributed by atoms with Crippen LogP contribution >= 0.6 is 0 Å². The van der Waals surface area contributed by atoms with Crippen molar-refractivity contribution in [2.45, 2.75) is 13.0 Å². The third-order valence-corrected chi connectivity index (χ3v) is 4.89. The number of carbonyl (C=O) groups is 3. The third-order valence-electron chi connectivity index (χ3n) is 4.89. The Hall–Kier alpha value is -4.13. The number of fused-ring (bicyclic) bond motifs is 1. The SMILES string of the molecule is C[C@@H](OC(=O)c1ccccc1C(=O)c1ccccc1)C(=O)Nc1ccc2c(c1)OCCO2. The second-order valence-electron chi connectivity index (χ2n) is 7.14. The molecule has 0 saturated heterocycles. The zero-order valence-electron chi connectivity index (χ0n) is 17.4. The summed E-state index contributed by atoms with van der Waals surface area (Å²) >= 11 is 0. The van der Waals surface area contributed by atoms with Gasteiger partial charge in [0.05, 0.1) is 5.56 Å². The van der Waals surface area contributed by atoms with E-state index in [9.17, 15) is 14.4 Å². The molecule has 3 aromatic carbocycles. The van der Waals surface area contributed by atoms with Crippen molar-refractivity contribution in [2.75, 3.05) is 18.5 Å². The Kier molecular flexibility index (Phi) is 6.17. The molecular formula is C25H21NO6. The minimum absolute atomic E-state index is 0.0975. The number of benzene rings is 3.